The number of carbonyl (C=O) groups excluding carboxylic acids is 2. The van der Waals surface area contributed by atoms with Crippen molar-refractivity contribution in [3.63, 3.8) is 0 Å². The van der Waals surface area contributed by atoms with Crippen molar-refractivity contribution in [1.29, 1.82) is 0 Å². The number of fused-ring (bicyclic) bond motifs is 1. The molecule has 0 saturated heterocycles. The van der Waals surface area contributed by atoms with Crippen molar-refractivity contribution in [2.24, 2.45) is 5.92 Å². The first-order valence-electron chi connectivity index (χ1n) is 8.64. The van der Waals surface area contributed by atoms with Gasteiger partial charge in [0.2, 0.25) is 5.76 Å². The van der Waals surface area contributed by atoms with Crippen LogP contribution >= 0.6 is 0 Å². The van der Waals surface area contributed by atoms with Crippen molar-refractivity contribution in [3.05, 3.63) is 35.6 Å². The minimum Gasteiger partial charge on any atom is -0.450 e. The monoisotopic (exact) mass is 345 g/mol. The smallest absolute Gasteiger partial charge is 0.375 e. The van der Waals surface area contributed by atoms with E-state index in [0.717, 1.165) is 18.2 Å². The number of rotatable bonds is 8. The van der Waals surface area contributed by atoms with Crippen LogP contribution in [0.4, 0.5) is 0 Å². The van der Waals surface area contributed by atoms with Gasteiger partial charge < -0.3 is 19.2 Å². The van der Waals surface area contributed by atoms with E-state index in [4.69, 9.17) is 13.9 Å². The normalized spacial score (nSPS) is 15.1. The fourth-order valence-corrected chi connectivity index (χ4v) is 2.82. The van der Waals surface area contributed by atoms with E-state index in [9.17, 15) is 9.59 Å². The molecule has 6 nitrogen and oxygen atoms in total. The maximum Gasteiger partial charge on any atom is 0.375 e. The summed E-state index contributed by atoms with van der Waals surface area (Å²) in [6.07, 6.45) is 2.28. The molecule has 25 heavy (non-hydrogen) atoms. The van der Waals surface area contributed by atoms with Crippen LogP contribution in [0.2, 0.25) is 0 Å². The van der Waals surface area contributed by atoms with Crippen molar-refractivity contribution in [3.8, 4) is 0 Å². The zero-order valence-corrected chi connectivity index (χ0v) is 14.5. The van der Waals surface area contributed by atoms with Gasteiger partial charge in [-0.15, -0.1) is 0 Å². The fraction of sp³-hybridized carbons (Fsp3) is 0.474. The first kappa shape index (κ1) is 17.5. The van der Waals surface area contributed by atoms with Crippen LogP contribution in [0.25, 0.3) is 11.0 Å². The molecule has 1 fully saturated rings. The third-order valence-electron chi connectivity index (χ3n) is 4.39. The minimum atomic E-state index is -0.653. The summed E-state index contributed by atoms with van der Waals surface area (Å²) >= 11 is 0. The third-order valence-corrected chi connectivity index (χ3v) is 4.39. The van der Waals surface area contributed by atoms with Gasteiger partial charge in [0.15, 0.2) is 6.61 Å². The molecule has 134 valence electrons. The first-order chi connectivity index (χ1) is 12.1. The van der Waals surface area contributed by atoms with Crippen LogP contribution < -0.4 is 5.32 Å². The molecular formula is C19H23NO5. The Morgan fingerprint density at radius 3 is 2.80 bits per heavy atom. The molecule has 1 aromatic heterocycles. The van der Waals surface area contributed by atoms with E-state index in [1.54, 1.807) is 6.07 Å². The number of furan rings is 1. The van der Waals surface area contributed by atoms with Crippen LogP contribution in [-0.4, -0.2) is 31.1 Å². The van der Waals surface area contributed by atoms with E-state index in [1.807, 2.05) is 32.0 Å². The average Bonchev–Trinajstić information content (AvgIpc) is 3.39. The van der Waals surface area contributed by atoms with E-state index in [0.29, 0.717) is 23.7 Å². The number of ether oxygens (including phenoxy) is 2. The predicted octanol–water partition coefficient (Wildman–Crippen LogP) is 3.04. The Morgan fingerprint density at radius 2 is 2.08 bits per heavy atom. The Hall–Kier alpha value is -2.34. The van der Waals surface area contributed by atoms with Gasteiger partial charge in [-0.05, 0) is 38.7 Å². The zero-order chi connectivity index (χ0) is 17.8. The van der Waals surface area contributed by atoms with Crippen molar-refractivity contribution in [2.75, 3.05) is 13.2 Å². The summed E-state index contributed by atoms with van der Waals surface area (Å²) in [7, 11) is 0. The molecule has 1 aliphatic carbocycles. The van der Waals surface area contributed by atoms with Gasteiger partial charge in [0.1, 0.15) is 5.58 Å². The van der Waals surface area contributed by atoms with E-state index in [2.05, 4.69) is 5.32 Å². The van der Waals surface area contributed by atoms with Crippen LogP contribution in [-0.2, 0) is 20.9 Å². The van der Waals surface area contributed by atoms with Gasteiger partial charge in [-0.25, -0.2) is 4.79 Å². The summed E-state index contributed by atoms with van der Waals surface area (Å²) in [6, 6.07) is 7.47. The lowest BCUT2D eigenvalue weighted by atomic mass is 10.1. The van der Waals surface area contributed by atoms with Gasteiger partial charge in [-0.3, -0.25) is 4.79 Å². The Bertz CT molecular complexity index is 762. The highest BCUT2D eigenvalue weighted by atomic mass is 16.5. The number of amides is 1. The van der Waals surface area contributed by atoms with Gasteiger partial charge in [-0.2, -0.15) is 0 Å². The molecule has 1 aromatic carbocycles. The van der Waals surface area contributed by atoms with Crippen LogP contribution in [0.15, 0.2) is 28.7 Å². The van der Waals surface area contributed by atoms with E-state index < -0.39 is 5.97 Å². The van der Waals surface area contributed by atoms with Gasteiger partial charge in [-0.1, -0.05) is 18.2 Å². The van der Waals surface area contributed by atoms with E-state index >= 15 is 0 Å². The molecule has 0 aliphatic heterocycles. The van der Waals surface area contributed by atoms with E-state index in [1.165, 1.54) is 0 Å². The molecule has 0 unspecified atom stereocenters. The number of hydrogen-bond acceptors (Lipinski definition) is 5. The van der Waals surface area contributed by atoms with Gasteiger partial charge in [0.05, 0.1) is 6.61 Å². The van der Waals surface area contributed by atoms with Crippen LogP contribution in [0.5, 0.6) is 0 Å². The number of nitrogens with one attached hydrogen (secondary N) is 1. The first-order valence-corrected chi connectivity index (χ1v) is 8.64. The van der Waals surface area contributed by atoms with E-state index in [-0.39, 0.29) is 30.9 Å². The topological polar surface area (TPSA) is 77.8 Å². The summed E-state index contributed by atoms with van der Waals surface area (Å²) in [5.74, 6) is -0.305. The SMILES string of the molecule is CCOCc1c(C(=O)OCC(=O)N[C@H](C)C2CC2)oc2ccccc12. The lowest BCUT2D eigenvalue weighted by Gasteiger charge is -2.12. The number of benzene rings is 1. The van der Waals surface area contributed by atoms with Gasteiger partial charge in [0.25, 0.3) is 5.91 Å². The van der Waals surface area contributed by atoms with Crippen molar-refractivity contribution < 1.29 is 23.5 Å². The van der Waals surface area contributed by atoms with Gasteiger partial charge >= 0.3 is 5.97 Å². The molecule has 0 bridgehead atoms. The molecule has 0 radical (unpaired) electrons. The molecule has 3 rings (SSSR count). The molecule has 1 heterocycles. The number of carbonyl (C=O) groups is 2. The summed E-state index contributed by atoms with van der Waals surface area (Å²) in [6.45, 7) is 4.31. The largest absolute Gasteiger partial charge is 0.450 e. The quantitative estimate of drug-likeness (QED) is 0.744. The van der Waals surface area contributed by atoms with Gasteiger partial charge in [0, 0.05) is 23.6 Å². The highest BCUT2D eigenvalue weighted by Crippen LogP contribution is 2.32. The molecule has 6 heteroatoms. The lowest BCUT2D eigenvalue weighted by Crippen LogP contribution is -2.37. The molecule has 1 atom stereocenters. The van der Waals surface area contributed by atoms with Crippen LogP contribution in [0.1, 0.15) is 42.8 Å². The molecule has 1 aliphatic rings. The van der Waals surface area contributed by atoms with Crippen molar-refractivity contribution in [1.82, 2.24) is 5.32 Å². The number of hydrogen-bond donors (Lipinski definition) is 1. The second-order valence-electron chi connectivity index (χ2n) is 6.31. The summed E-state index contributed by atoms with van der Waals surface area (Å²) in [4.78, 5) is 24.3. The third kappa shape index (κ3) is 4.20. The summed E-state index contributed by atoms with van der Waals surface area (Å²) < 4.78 is 16.2. The summed E-state index contributed by atoms with van der Waals surface area (Å²) in [5.41, 5.74) is 1.24. The predicted molar refractivity (Wildman–Crippen MR) is 92.2 cm³/mol. The highest BCUT2D eigenvalue weighted by Gasteiger charge is 2.29. The zero-order valence-electron chi connectivity index (χ0n) is 14.5. The Balaban J connectivity index is 1.67. The maximum absolute atomic E-state index is 12.4. The molecule has 1 saturated carbocycles. The molecule has 1 amide bonds. The van der Waals surface area contributed by atoms with Crippen LogP contribution in [0.3, 0.4) is 0 Å². The number of para-hydroxylation sites is 1. The molecule has 0 spiro atoms. The van der Waals surface area contributed by atoms with Crippen molar-refractivity contribution in [2.45, 2.75) is 39.3 Å². The minimum absolute atomic E-state index is 0.0951. The fourth-order valence-electron chi connectivity index (χ4n) is 2.82. The number of esters is 1. The Labute approximate surface area is 146 Å². The Kier molecular flexibility index (Phi) is 5.38. The standard InChI is InChI=1S/C19H23NO5/c1-3-23-10-15-14-6-4-5-7-16(14)25-18(15)19(22)24-11-17(21)20-12(2)13-8-9-13/h4-7,12-13H,3,8-11H2,1-2H3,(H,20,21)/t12-/m1/s1. The summed E-state index contributed by atoms with van der Waals surface area (Å²) in [5, 5.41) is 3.67. The Morgan fingerprint density at radius 1 is 1.32 bits per heavy atom. The average molecular weight is 345 g/mol. The van der Waals surface area contributed by atoms with Crippen molar-refractivity contribution >= 4 is 22.8 Å². The maximum atomic E-state index is 12.4. The highest BCUT2D eigenvalue weighted by molar-refractivity contribution is 5.96. The molecule has 1 N–H and O–H groups in total. The second-order valence-corrected chi connectivity index (χ2v) is 6.31. The van der Waals surface area contributed by atoms with Crippen LogP contribution in [0, 0.1) is 5.92 Å². The second kappa shape index (κ2) is 7.70. The molecular weight excluding hydrogens is 322 g/mol. The lowest BCUT2D eigenvalue weighted by molar-refractivity contribution is -0.125. The molecule has 2 aromatic rings.